The number of hydrogen-bond donors (Lipinski definition) is 0. The Labute approximate surface area is 104 Å². The molecular formula is C13H12OS2. The van der Waals surface area contributed by atoms with Crippen LogP contribution in [0.15, 0.2) is 46.0 Å². The summed E-state index contributed by atoms with van der Waals surface area (Å²) >= 11 is 3.16. The summed E-state index contributed by atoms with van der Waals surface area (Å²) in [6, 6.07) is 10.1. The van der Waals surface area contributed by atoms with Crippen molar-refractivity contribution in [1.82, 2.24) is 0 Å². The summed E-state index contributed by atoms with van der Waals surface area (Å²) in [7, 11) is 0. The van der Waals surface area contributed by atoms with E-state index in [1.807, 2.05) is 29.0 Å². The molecule has 0 aliphatic heterocycles. The van der Waals surface area contributed by atoms with Crippen molar-refractivity contribution in [3.63, 3.8) is 0 Å². The van der Waals surface area contributed by atoms with Gasteiger partial charge in [0.1, 0.15) is 0 Å². The molecule has 1 aromatic carbocycles. The minimum Gasteiger partial charge on any atom is -0.293 e. The van der Waals surface area contributed by atoms with Crippen LogP contribution in [0.5, 0.6) is 0 Å². The summed E-state index contributed by atoms with van der Waals surface area (Å²) in [5.74, 6) is 0.716. The maximum atomic E-state index is 11.7. The number of benzene rings is 1. The number of Topliss-reactive ketones (excluding diaryl/α,β-unsaturated/α-hetero) is 1. The third kappa shape index (κ3) is 2.97. The van der Waals surface area contributed by atoms with Crippen LogP contribution < -0.4 is 0 Å². The monoisotopic (exact) mass is 248 g/mol. The first-order valence-electron chi connectivity index (χ1n) is 5.00. The number of aryl methyl sites for hydroxylation is 1. The fraction of sp³-hybridized carbons (Fsp3) is 0.154. The van der Waals surface area contributed by atoms with E-state index in [9.17, 15) is 4.79 Å². The lowest BCUT2D eigenvalue weighted by Gasteiger charge is -2.01. The number of hydrogen-bond acceptors (Lipinski definition) is 3. The van der Waals surface area contributed by atoms with Crippen LogP contribution in [0.2, 0.25) is 0 Å². The molecule has 0 fully saturated rings. The van der Waals surface area contributed by atoms with E-state index in [4.69, 9.17) is 0 Å². The molecule has 16 heavy (non-hydrogen) atoms. The summed E-state index contributed by atoms with van der Waals surface area (Å²) in [6.45, 7) is 2.06. The zero-order valence-corrected chi connectivity index (χ0v) is 10.6. The topological polar surface area (TPSA) is 17.1 Å². The van der Waals surface area contributed by atoms with E-state index in [2.05, 4.69) is 19.1 Å². The highest BCUT2D eigenvalue weighted by Crippen LogP contribution is 2.20. The predicted octanol–water partition coefficient (Wildman–Crippen LogP) is 4.03. The van der Waals surface area contributed by atoms with Crippen molar-refractivity contribution in [2.45, 2.75) is 11.8 Å². The lowest BCUT2D eigenvalue weighted by atomic mass is 10.2. The molecule has 0 aliphatic carbocycles. The first-order chi connectivity index (χ1) is 7.75. The smallest absolute Gasteiger partial charge is 0.173 e. The van der Waals surface area contributed by atoms with Crippen molar-refractivity contribution in [1.29, 1.82) is 0 Å². The quantitative estimate of drug-likeness (QED) is 0.600. The fourth-order valence-corrected chi connectivity index (χ4v) is 2.93. The van der Waals surface area contributed by atoms with Crippen molar-refractivity contribution in [2.24, 2.45) is 0 Å². The van der Waals surface area contributed by atoms with Gasteiger partial charge in [0.25, 0.3) is 0 Å². The summed E-state index contributed by atoms with van der Waals surface area (Å²) in [4.78, 5) is 12.9. The SMILES string of the molecule is Cc1cccc(SCC(=O)c2ccsc2)c1. The van der Waals surface area contributed by atoms with Crippen molar-refractivity contribution >= 4 is 28.9 Å². The van der Waals surface area contributed by atoms with Gasteiger partial charge in [-0.2, -0.15) is 11.3 Å². The zero-order valence-electron chi connectivity index (χ0n) is 8.97. The van der Waals surface area contributed by atoms with Crippen LogP contribution in [0.25, 0.3) is 0 Å². The van der Waals surface area contributed by atoms with Crippen LogP contribution in [0.4, 0.5) is 0 Å². The van der Waals surface area contributed by atoms with Gasteiger partial charge < -0.3 is 0 Å². The van der Waals surface area contributed by atoms with E-state index in [0.717, 1.165) is 10.5 Å². The molecule has 0 atom stereocenters. The van der Waals surface area contributed by atoms with Gasteiger partial charge >= 0.3 is 0 Å². The second kappa shape index (κ2) is 5.32. The number of thioether (sulfide) groups is 1. The Morgan fingerprint density at radius 1 is 1.38 bits per heavy atom. The molecule has 0 N–H and O–H groups in total. The molecular weight excluding hydrogens is 236 g/mol. The normalized spacial score (nSPS) is 10.3. The number of carbonyl (C=O) groups is 1. The highest BCUT2D eigenvalue weighted by molar-refractivity contribution is 8.00. The van der Waals surface area contributed by atoms with Gasteiger partial charge in [0, 0.05) is 15.8 Å². The van der Waals surface area contributed by atoms with E-state index in [0.29, 0.717) is 5.75 Å². The molecule has 0 saturated heterocycles. The van der Waals surface area contributed by atoms with Crippen LogP contribution in [-0.2, 0) is 0 Å². The van der Waals surface area contributed by atoms with E-state index in [-0.39, 0.29) is 5.78 Å². The van der Waals surface area contributed by atoms with Crippen LogP contribution in [0, 0.1) is 6.92 Å². The van der Waals surface area contributed by atoms with E-state index < -0.39 is 0 Å². The van der Waals surface area contributed by atoms with Gasteiger partial charge in [-0.1, -0.05) is 17.7 Å². The Balaban J connectivity index is 1.95. The van der Waals surface area contributed by atoms with Crippen LogP contribution in [-0.4, -0.2) is 11.5 Å². The van der Waals surface area contributed by atoms with E-state index in [1.54, 1.807) is 23.1 Å². The van der Waals surface area contributed by atoms with Gasteiger partial charge in [-0.3, -0.25) is 4.79 Å². The van der Waals surface area contributed by atoms with E-state index >= 15 is 0 Å². The predicted molar refractivity (Wildman–Crippen MR) is 70.6 cm³/mol. The molecule has 1 aromatic heterocycles. The first kappa shape index (κ1) is 11.4. The zero-order chi connectivity index (χ0) is 11.4. The second-order valence-corrected chi connectivity index (χ2v) is 5.37. The summed E-state index contributed by atoms with van der Waals surface area (Å²) in [5, 5.41) is 3.84. The largest absolute Gasteiger partial charge is 0.293 e. The third-order valence-corrected chi connectivity index (χ3v) is 3.88. The van der Waals surface area contributed by atoms with Gasteiger partial charge in [-0.25, -0.2) is 0 Å². The highest BCUT2D eigenvalue weighted by Gasteiger charge is 2.06. The molecule has 0 aliphatic rings. The summed E-state index contributed by atoms with van der Waals surface area (Å²) in [6.07, 6.45) is 0. The Bertz CT molecular complexity index is 474. The Morgan fingerprint density at radius 3 is 2.94 bits per heavy atom. The molecule has 2 rings (SSSR count). The minimum atomic E-state index is 0.202. The maximum Gasteiger partial charge on any atom is 0.173 e. The van der Waals surface area contributed by atoms with Crippen molar-refractivity contribution in [2.75, 3.05) is 5.75 Å². The van der Waals surface area contributed by atoms with Crippen molar-refractivity contribution < 1.29 is 4.79 Å². The summed E-state index contributed by atoms with van der Waals surface area (Å²) in [5.41, 5.74) is 2.05. The fourth-order valence-electron chi connectivity index (χ4n) is 1.36. The lowest BCUT2D eigenvalue weighted by Crippen LogP contribution is -1.99. The molecule has 1 nitrogen and oxygen atoms in total. The van der Waals surface area contributed by atoms with Gasteiger partial charge in [0.15, 0.2) is 5.78 Å². The van der Waals surface area contributed by atoms with Crippen molar-refractivity contribution in [3.05, 3.63) is 52.2 Å². The Hall–Kier alpha value is -1.06. The third-order valence-electron chi connectivity index (χ3n) is 2.20. The molecule has 1 heterocycles. The molecule has 0 saturated carbocycles. The van der Waals surface area contributed by atoms with Crippen LogP contribution in [0.1, 0.15) is 15.9 Å². The van der Waals surface area contributed by atoms with Crippen LogP contribution in [0.3, 0.4) is 0 Å². The molecule has 0 amide bonds. The molecule has 0 radical (unpaired) electrons. The van der Waals surface area contributed by atoms with Gasteiger partial charge in [-0.15, -0.1) is 11.8 Å². The molecule has 0 spiro atoms. The molecule has 2 aromatic rings. The molecule has 3 heteroatoms. The molecule has 0 bridgehead atoms. The summed E-state index contributed by atoms with van der Waals surface area (Å²) < 4.78 is 0. The number of carbonyl (C=O) groups excluding carboxylic acids is 1. The van der Waals surface area contributed by atoms with Gasteiger partial charge in [-0.05, 0) is 30.5 Å². The minimum absolute atomic E-state index is 0.202. The van der Waals surface area contributed by atoms with Crippen LogP contribution >= 0.6 is 23.1 Å². The number of ketones is 1. The average Bonchev–Trinajstić information content (AvgIpc) is 2.79. The highest BCUT2D eigenvalue weighted by atomic mass is 32.2. The second-order valence-electron chi connectivity index (χ2n) is 3.54. The standard InChI is InChI=1S/C13H12OS2/c1-10-3-2-4-12(7-10)16-9-13(14)11-5-6-15-8-11/h2-8H,9H2,1H3. The lowest BCUT2D eigenvalue weighted by molar-refractivity contribution is 0.102. The first-order valence-corrected chi connectivity index (χ1v) is 6.93. The average molecular weight is 248 g/mol. The van der Waals surface area contributed by atoms with Gasteiger partial charge in [0.05, 0.1) is 5.75 Å². The van der Waals surface area contributed by atoms with Gasteiger partial charge in [0.2, 0.25) is 0 Å². The Morgan fingerprint density at radius 2 is 2.25 bits per heavy atom. The molecule has 82 valence electrons. The van der Waals surface area contributed by atoms with Crippen molar-refractivity contribution in [3.8, 4) is 0 Å². The van der Waals surface area contributed by atoms with E-state index in [1.165, 1.54) is 5.56 Å². The number of thiophene rings is 1. The maximum absolute atomic E-state index is 11.7. The Kier molecular flexibility index (Phi) is 3.80. The number of rotatable bonds is 4. The molecule has 0 unspecified atom stereocenters.